The number of amides is 1. The molecule has 0 bridgehead atoms. The van der Waals surface area contributed by atoms with E-state index in [9.17, 15) is 4.79 Å². The molecule has 1 amide bonds. The van der Waals surface area contributed by atoms with Crippen LogP contribution in [0.25, 0.3) is 11.4 Å². The number of aromatic nitrogens is 3. The predicted molar refractivity (Wildman–Crippen MR) is 115 cm³/mol. The van der Waals surface area contributed by atoms with E-state index in [1.807, 2.05) is 30.3 Å². The molecule has 160 valence electrons. The zero-order chi connectivity index (χ0) is 22.1. The van der Waals surface area contributed by atoms with Gasteiger partial charge in [0.1, 0.15) is 6.04 Å². The minimum atomic E-state index is -0.632. The van der Waals surface area contributed by atoms with E-state index in [1.54, 1.807) is 23.7 Å². The van der Waals surface area contributed by atoms with Crippen molar-refractivity contribution >= 4 is 11.9 Å². The standard InChI is InChI=1S/C22H23N5O4/c1-12-17(20(23)28)18(14-10-15(29-2)19(31-4)16(11-14)30-3)27-22(24-12)25-21(26-27)13-8-6-5-7-9-13/h5-11,18H,1-4H3,(H2,23,28)(H,24,25,26)/t18-/m1/s1. The van der Waals surface area contributed by atoms with Gasteiger partial charge in [-0.1, -0.05) is 30.3 Å². The number of ether oxygens (including phenoxy) is 3. The highest BCUT2D eigenvalue weighted by atomic mass is 16.5. The summed E-state index contributed by atoms with van der Waals surface area (Å²) >= 11 is 0. The molecule has 0 fully saturated rings. The first-order valence-corrected chi connectivity index (χ1v) is 9.58. The molecular weight excluding hydrogens is 398 g/mol. The smallest absolute Gasteiger partial charge is 0.248 e. The molecule has 0 saturated heterocycles. The van der Waals surface area contributed by atoms with Crippen LogP contribution < -0.4 is 25.3 Å². The van der Waals surface area contributed by atoms with Gasteiger partial charge >= 0.3 is 0 Å². The number of primary amides is 1. The summed E-state index contributed by atoms with van der Waals surface area (Å²) in [6.45, 7) is 1.78. The molecule has 0 unspecified atom stereocenters. The van der Waals surface area contributed by atoms with E-state index in [0.717, 1.165) is 5.56 Å². The Morgan fingerprint density at radius 2 is 1.71 bits per heavy atom. The molecule has 4 rings (SSSR count). The number of fused-ring (bicyclic) bond motifs is 1. The molecule has 1 aliphatic heterocycles. The van der Waals surface area contributed by atoms with Gasteiger partial charge in [0, 0.05) is 11.3 Å². The van der Waals surface area contributed by atoms with Gasteiger partial charge in [-0.05, 0) is 24.6 Å². The number of carbonyl (C=O) groups excluding carboxylic acids is 1. The Bertz CT molecular complexity index is 1140. The van der Waals surface area contributed by atoms with Crippen LogP contribution in [0.2, 0.25) is 0 Å². The summed E-state index contributed by atoms with van der Waals surface area (Å²) in [7, 11) is 4.60. The molecule has 0 aliphatic carbocycles. The highest BCUT2D eigenvalue weighted by Gasteiger charge is 2.34. The minimum absolute atomic E-state index is 0.367. The van der Waals surface area contributed by atoms with Gasteiger partial charge in [-0.15, -0.1) is 5.10 Å². The zero-order valence-corrected chi connectivity index (χ0v) is 17.7. The van der Waals surface area contributed by atoms with E-state index in [0.29, 0.717) is 45.9 Å². The first kappa shape index (κ1) is 20.3. The van der Waals surface area contributed by atoms with E-state index in [4.69, 9.17) is 19.9 Å². The molecule has 3 aromatic rings. The van der Waals surface area contributed by atoms with E-state index in [1.165, 1.54) is 21.3 Å². The number of anilines is 1. The van der Waals surface area contributed by atoms with Gasteiger partial charge in [-0.2, -0.15) is 4.98 Å². The zero-order valence-electron chi connectivity index (χ0n) is 17.7. The maximum Gasteiger partial charge on any atom is 0.248 e. The SMILES string of the molecule is COc1cc([C@@H]2C(C(N)=O)=C(C)Nc3nc(-c4ccccc4)nn32)cc(OC)c1OC. The number of methoxy groups -OCH3 is 3. The second-order valence-corrected chi connectivity index (χ2v) is 6.96. The van der Waals surface area contributed by atoms with Gasteiger partial charge in [-0.25, -0.2) is 4.68 Å². The lowest BCUT2D eigenvalue weighted by molar-refractivity contribution is -0.115. The Morgan fingerprint density at radius 3 is 2.26 bits per heavy atom. The van der Waals surface area contributed by atoms with Crippen LogP contribution in [0.3, 0.4) is 0 Å². The van der Waals surface area contributed by atoms with Gasteiger partial charge in [0.25, 0.3) is 0 Å². The number of hydrogen-bond donors (Lipinski definition) is 2. The summed E-state index contributed by atoms with van der Waals surface area (Å²) < 4.78 is 18.1. The average Bonchev–Trinajstić information content (AvgIpc) is 3.21. The predicted octanol–water partition coefficient (Wildman–Crippen LogP) is 2.75. The van der Waals surface area contributed by atoms with Gasteiger partial charge in [-0.3, -0.25) is 4.79 Å². The maximum atomic E-state index is 12.4. The lowest BCUT2D eigenvalue weighted by atomic mass is 9.94. The van der Waals surface area contributed by atoms with E-state index < -0.39 is 11.9 Å². The topological polar surface area (TPSA) is 114 Å². The number of hydrogen-bond acceptors (Lipinski definition) is 7. The molecule has 9 heteroatoms. The Labute approximate surface area is 179 Å². The molecule has 2 heterocycles. The van der Waals surface area contributed by atoms with Crippen LogP contribution in [0, 0.1) is 0 Å². The van der Waals surface area contributed by atoms with Crippen molar-refractivity contribution < 1.29 is 19.0 Å². The van der Waals surface area contributed by atoms with Crippen molar-refractivity contribution in [1.82, 2.24) is 14.8 Å². The van der Waals surface area contributed by atoms with E-state index in [-0.39, 0.29) is 0 Å². The molecule has 3 N–H and O–H groups in total. The van der Waals surface area contributed by atoms with Crippen LogP contribution in [0.1, 0.15) is 18.5 Å². The molecule has 1 aliphatic rings. The molecule has 0 radical (unpaired) electrons. The molecule has 0 spiro atoms. The van der Waals surface area contributed by atoms with Crippen LogP contribution >= 0.6 is 0 Å². The largest absolute Gasteiger partial charge is 0.493 e. The van der Waals surface area contributed by atoms with Gasteiger partial charge in [0.15, 0.2) is 17.3 Å². The van der Waals surface area contributed by atoms with Gasteiger partial charge in [0.05, 0.1) is 26.9 Å². The van der Waals surface area contributed by atoms with Gasteiger partial charge in [0.2, 0.25) is 17.6 Å². The minimum Gasteiger partial charge on any atom is -0.493 e. The van der Waals surface area contributed by atoms with Crippen LogP contribution in [0.15, 0.2) is 53.7 Å². The number of nitrogens with one attached hydrogen (secondary N) is 1. The summed E-state index contributed by atoms with van der Waals surface area (Å²) in [6.07, 6.45) is 0. The highest BCUT2D eigenvalue weighted by molar-refractivity contribution is 5.95. The van der Waals surface area contributed by atoms with E-state index >= 15 is 0 Å². The van der Waals surface area contributed by atoms with Crippen molar-refractivity contribution in [3.05, 3.63) is 59.3 Å². The fraction of sp³-hybridized carbons (Fsp3) is 0.227. The normalized spacial score (nSPS) is 15.2. The monoisotopic (exact) mass is 421 g/mol. The van der Waals surface area contributed by atoms with Gasteiger partial charge < -0.3 is 25.3 Å². The van der Waals surface area contributed by atoms with Crippen LogP contribution in [0.4, 0.5) is 5.95 Å². The highest BCUT2D eigenvalue weighted by Crippen LogP contribution is 2.43. The van der Waals surface area contributed by atoms with Crippen molar-refractivity contribution in [2.24, 2.45) is 5.73 Å². The Morgan fingerprint density at radius 1 is 1.06 bits per heavy atom. The third-order valence-electron chi connectivity index (χ3n) is 5.15. The summed E-state index contributed by atoms with van der Waals surface area (Å²) in [5.41, 5.74) is 8.29. The quantitative estimate of drug-likeness (QED) is 0.629. The summed E-state index contributed by atoms with van der Waals surface area (Å²) in [4.78, 5) is 17.1. The number of nitrogens with zero attached hydrogens (tertiary/aromatic N) is 3. The fourth-order valence-electron chi connectivity index (χ4n) is 3.75. The Kier molecular flexibility index (Phi) is 5.24. The molecule has 2 aromatic carbocycles. The van der Waals surface area contributed by atoms with Crippen molar-refractivity contribution in [2.45, 2.75) is 13.0 Å². The molecule has 1 aromatic heterocycles. The van der Waals surface area contributed by atoms with Crippen molar-refractivity contribution in [1.29, 1.82) is 0 Å². The lowest BCUT2D eigenvalue weighted by Gasteiger charge is -2.28. The number of rotatable bonds is 6. The lowest BCUT2D eigenvalue weighted by Crippen LogP contribution is -2.31. The Hall–Kier alpha value is -4.01. The molecule has 1 atom stereocenters. The number of nitrogens with two attached hydrogens (primary N) is 1. The molecule has 31 heavy (non-hydrogen) atoms. The first-order valence-electron chi connectivity index (χ1n) is 9.58. The summed E-state index contributed by atoms with van der Waals surface area (Å²) in [6, 6.07) is 12.5. The second kappa shape index (κ2) is 8.02. The van der Waals surface area contributed by atoms with Crippen molar-refractivity contribution in [3.63, 3.8) is 0 Å². The molecular formula is C22H23N5O4. The summed E-state index contributed by atoms with van der Waals surface area (Å²) in [5, 5.41) is 7.83. The van der Waals surface area contributed by atoms with Crippen molar-refractivity contribution in [3.8, 4) is 28.6 Å². The number of benzene rings is 2. The Balaban J connectivity index is 1.94. The molecule has 9 nitrogen and oxygen atoms in total. The van der Waals surface area contributed by atoms with E-state index in [2.05, 4.69) is 15.4 Å². The third kappa shape index (κ3) is 3.43. The summed E-state index contributed by atoms with van der Waals surface area (Å²) in [5.74, 6) is 1.83. The molecule has 0 saturated carbocycles. The number of carbonyl (C=O) groups is 1. The maximum absolute atomic E-state index is 12.4. The second-order valence-electron chi connectivity index (χ2n) is 6.96. The third-order valence-corrected chi connectivity index (χ3v) is 5.15. The number of allylic oxidation sites excluding steroid dienone is 1. The first-order chi connectivity index (χ1) is 15.0. The average molecular weight is 421 g/mol. The van der Waals surface area contributed by atoms with Crippen LogP contribution in [0.5, 0.6) is 17.2 Å². The van der Waals surface area contributed by atoms with Crippen LogP contribution in [-0.2, 0) is 4.79 Å². The van der Waals surface area contributed by atoms with Crippen LogP contribution in [-0.4, -0.2) is 42.0 Å². The fourth-order valence-corrected chi connectivity index (χ4v) is 3.75. The van der Waals surface area contributed by atoms with Crippen molar-refractivity contribution in [2.75, 3.05) is 26.6 Å².